The molecule has 0 bridgehead atoms. The zero-order chi connectivity index (χ0) is 12.3. The molecular weight excluding hydrogens is 228 g/mol. The zero-order valence-electron chi connectivity index (χ0n) is 10.3. The molecule has 1 atom stereocenters. The lowest BCUT2D eigenvalue weighted by Gasteiger charge is -2.10. The molecule has 2 aromatic rings. The van der Waals surface area contributed by atoms with Crippen LogP contribution in [0.2, 0.25) is 0 Å². The van der Waals surface area contributed by atoms with Crippen LogP contribution < -0.4 is 5.73 Å². The predicted octanol–water partition coefficient (Wildman–Crippen LogP) is 3.45. The van der Waals surface area contributed by atoms with Gasteiger partial charge in [-0.1, -0.05) is 37.6 Å². The second-order valence-corrected chi connectivity index (χ2v) is 5.52. The Bertz CT molecular complexity index is 473. The van der Waals surface area contributed by atoms with Crippen LogP contribution in [0.1, 0.15) is 40.4 Å². The summed E-state index contributed by atoms with van der Waals surface area (Å²) in [5.41, 5.74) is 8.76. The maximum atomic E-state index is 6.22. The molecule has 0 aliphatic rings. The number of hydrogen-bond donors (Lipinski definition) is 1. The molecule has 0 radical (unpaired) electrons. The zero-order valence-corrected chi connectivity index (χ0v) is 11.1. The quantitative estimate of drug-likeness (QED) is 0.897. The van der Waals surface area contributed by atoms with Gasteiger partial charge in [-0.05, 0) is 24.5 Å². The average molecular weight is 246 g/mol. The summed E-state index contributed by atoms with van der Waals surface area (Å²) < 4.78 is 0. The standard InChI is InChI=1S/C14H18N2S/c1-3-4-11-5-7-12(8-6-11)14(15)13-9-16-10(2)17-13/h5-9,14H,3-4,15H2,1-2H3. The Balaban J connectivity index is 2.16. The SMILES string of the molecule is CCCc1ccc(C(N)c2cnc(C)s2)cc1. The summed E-state index contributed by atoms with van der Waals surface area (Å²) in [6.07, 6.45) is 4.19. The van der Waals surface area contributed by atoms with Gasteiger partial charge in [0.2, 0.25) is 0 Å². The van der Waals surface area contributed by atoms with Gasteiger partial charge in [-0.2, -0.15) is 0 Å². The lowest BCUT2D eigenvalue weighted by atomic mass is 10.0. The summed E-state index contributed by atoms with van der Waals surface area (Å²) in [6, 6.07) is 8.56. The maximum Gasteiger partial charge on any atom is 0.0897 e. The van der Waals surface area contributed by atoms with E-state index >= 15 is 0 Å². The molecule has 0 saturated heterocycles. The van der Waals surface area contributed by atoms with Crippen molar-refractivity contribution >= 4 is 11.3 Å². The Hall–Kier alpha value is -1.19. The summed E-state index contributed by atoms with van der Waals surface area (Å²) in [5, 5.41) is 1.07. The van der Waals surface area contributed by atoms with Crippen LogP contribution in [0.5, 0.6) is 0 Å². The minimum Gasteiger partial charge on any atom is -0.320 e. The van der Waals surface area contributed by atoms with Crippen molar-refractivity contribution in [2.45, 2.75) is 32.7 Å². The molecule has 0 fully saturated rings. The number of aryl methyl sites for hydroxylation is 2. The van der Waals surface area contributed by atoms with Crippen molar-refractivity contribution < 1.29 is 0 Å². The van der Waals surface area contributed by atoms with Crippen molar-refractivity contribution in [2.75, 3.05) is 0 Å². The lowest BCUT2D eigenvalue weighted by Crippen LogP contribution is -2.10. The fourth-order valence-electron chi connectivity index (χ4n) is 1.87. The number of hydrogen-bond acceptors (Lipinski definition) is 3. The third kappa shape index (κ3) is 2.93. The Morgan fingerprint density at radius 3 is 2.53 bits per heavy atom. The molecule has 2 N–H and O–H groups in total. The van der Waals surface area contributed by atoms with Crippen LogP contribution in [0.4, 0.5) is 0 Å². The highest BCUT2D eigenvalue weighted by Gasteiger charge is 2.11. The Kier molecular flexibility index (Phi) is 3.92. The minimum absolute atomic E-state index is 0.0446. The van der Waals surface area contributed by atoms with Gasteiger partial charge in [0.15, 0.2) is 0 Å². The van der Waals surface area contributed by atoms with Crippen LogP contribution in [-0.2, 0) is 6.42 Å². The molecule has 1 unspecified atom stereocenters. The molecule has 0 spiro atoms. The molecule has 90 valence electrons. The van der Waals surface area contributed by atoms with Gasteiger partial charge in [-0.15, -0.1) is 11.3 Å². The van der Waals surface area contributed by atoms with E-state index in [1.54, 1.807) is 11.3 Å². The molecule has 0 aliphatic heterocycles. The van der Waals surface area contributed by atoms with E-state index in [9.17, 15) is 0 Å². The number of rotatable bonds is 4. The molecule has 1 aromatic heterocycles. The van der Waals surface area contributed by atoms with E-state index < -0.39 is 0 Å². The van der Waals surface area contributed by atoms with Gasteiger partial charge in [-0.25, -0.2) is 4.98 Å². The molecule has 1 heterocycles. The van der Waals surface area contributed by atoms with E-state index in [1.165, 1.54) is 12.0 Å². The fraction of sp³-hybridized carbons (Fsp3) is 0.357. The van der Waals surface area contributed by atoms with Gasteiger partial charge >= 0.3 is 0 Å². The summed E-state index contributed by atoms with van der Waals surface area (Å²) in [6.45, 7) is 4.20. The van der Waals surface area contributed by atoms with E-state index in [0.29, 0.717) is 0 Å². The first kappa shape index (κ1) is 12.3. The molecular formula is C14H18N2S. The van der Waals surface area contributed by atoms with Crippen LogP contribution in [-0.4, -0.2) is 4.98 Å². The molecule has 0 saturated carbocycles. The summed E-state index contributed by atoms with van der Waals surface area (Å²) in [4.78, 5) is 5.38. The molecule has 0 amide bonds. The molecule has 1 aromatic carbocycles. The first-order valence-corrected chi connectivity index (χ1v) is 6.79. The van der Waals surface area contributed by atoms with Gasteiger partial charge in [0, 0.05) is 11.1 Å². The molecule has 3 heteroatoms. The van der Waals surface area contributed by atoms with E-state index in [1.807, 2.05) is 13.1 Å². The maximum absolute atomic E-state index is 6.22. The van der Waals surface area contributed by atoms with Crippen molar-refractivity contribution in [2.24, 2.45) is 5.73 Å². The van der Waals surface area contributed by atoms with Crippen molar-refractivity contribution in [3.63, 3.8) is 0 Å². The monoisotopic (exact) mass is 246 g/mol. The second-order valence-electron chi connectivity index (χ2n) is 4.25. The van der Waals surface area contributed by atoms with Gasteiger partial charge < -0.3 is 5.73 Å². The number of benzene rings is 1. The number of nitrogens with zero attached hydrogens (tertiary/aromatic N) is 1. The highest BCUT2D eigenvalue weighted by atomic mass is 32.1. The van der Waals surface area contributed by atoms with E-state index in [-0.39, 0.29) is 6.04 Å². The number of aromatic nitrogens is 1. The molecule has 17 heavy (non-hydrogen) atoms. The van der Waals surface area contributed by atoms with Gasteiger partial charge in [0.1, 0.15) is 0 Å². The van der Waals surface area contributed by atoms with E-state index in [0.717, 1.165) is 21.9 Å². The fourth-order valence-corrected chi connectivity index (χ4v) is 2.68. The highest BCUT2D eigenvalue weighted by molar-refractivity contribution is 7.11. The normalized spacial score (nSPS) is 12.6. The van der Waals surface area contributed by atoms with Gasteiger partial charge in [0.05, 0.1) is 11.0 Å². The number of nitrogens with two attached hydrogens (primary N) is 1. The Morgan fingerprint density at radius 1 is 1.29 bits per heavy atom. The highest BCUT2D eigenvalue weighted by Crippen LogP contribution is 2.24. The van der Waals surface area contributed by atoms with Gasteiger partial charge in [0.25, 0.3) is 0 Å². The van der Waals surface area contributed by atoms with Crippen LogP contribution in [0.3, 0.4) is 0 Å². The summed E-state index contributed by atoms with van der Waals surface area (Å²) >= 11 is 1.67. The number of thiazole rings is 1. The van der Waals surface area contributed by atoms with E-state index in [2.05, 4.69) is 36.2 Å². The molecule has 0 aliphatic carbocycles. The first-order chi connectivity index (χ1) is 8.20. The predicted molar refractivity (Wildman–Crippen MR) is 73.3 cm³/mol. The third-order valence-electron chi connectivity index (χ3n) is 2.82. The summed E-state index contributed by atoms with van der Waals surface area (Å²) in [5.74, 6) is 0. The van der Waals surface area contributed by atoms with Gasteiger partial charge in [-0.3, -0.25) is 0 Å². The Labute approximate surface area is 107 Å². The molecule has 2 rings (SSSR count). The third-order valence-corrected chi connectivity index (χ3v) is 3.82. The van der Waals surface area contributed by atoms with Crippen molar-refractivity contribution in [1.82, 2.24) is 4.98 Å². The van der Waals surface area contributed by atoms with Crippen molar-refractivity contribution in [3.8, 4) is 0 Å². The largest absolute Gasteiger partial charge is 0.320 e. The average Bonchev–Trinajstić information content (AvgIpc) is 2.76. The van der Waals surface area contributed by atoms with E-state index in [4.69, 9.17) is 5.73 Å². The summed E-state index contributed by atoms with van der Waals surface area (Å²) in [7, 11) is 0. The van der Waals surface area contributed by atoms with Crippen LogP contribution >= 0.6 is 11.3 Å². The van der Waals surface area contributed by atoms with Crippen molar-refractivity contribution in [1.29, 1.82) is 0 Å². The van der Waals surface area contributed by atoms with Crippen LogP contribution in [0.25, 0.3) is 0 Å². The van der Waals surface area contributed by atoms with Crippen molar-refractivity contribution in [3.05, 3.63) is 51.5 Å². The lowest BCUT2D eigenvalue weighted by molar-refractivity contribution is 0.880. The smallest absolute Gasteiger partial charge is 0.0897 e. The van der Waals surface area contributed by atoms with Crippen LogP contribution in [0.15, 0.2) is 30.5 Å². The Morgan fingerprint density at radius 2 is 2.00 bits per heavy atom. The topological polar surface area (TPSA) is 38.9 Å². The second kappa shape index (κ2) is 5.43. The van der Waals surface area contributed by atoms with Crippen LogP contribution in [0, 0.1) is 6.92 Å². The first-order valence-electron chi connectivity index (χ1n) is 5.97. The molecule has 2 nitrogen and oxygen atoms in total. The minimum atomic E-state index is -0.0446.